The van der Waals surface area contributed by atoms with Gasteiger partial charge in [-0.1, -0.05) is 0 Å². The van der Waals surface area contributed by atoms with E-state index < -0.39 is 89.3 Å². The zero-order valence-electron chi connectivity index (χ0n) is 20.8. The minimum absolute atomic E-state index is 0. The molecule has 2 unspecified atom stereocenters. The first kappa shape index (κ1) is 32.9. The molecule has 6 rings (SSSR count). The smallest absolute Gasteiger partial charge is 0.394 e. The van der Waals surface area contributed by atoms with Crippen molar-refractivity contribution in [2.75, 3.05) is 24.7 Å². The molecule has 41 heavy (non-hydrogen) atoms. The van der Waals surface area contributed by atoms with Crippen LogP contribution in [-0.2, 0) is 36.7 Å². The Labute approximate surface area is 269 Å². The Hall–Kier alpha value is -1.01. The molecule has 0 spiro atoms. The first-order valence-corrected chi connectivity index (χ1v) is 14.4. The topological polar surface area (TPSA) is 292 Å². The van der Waals surface area contributed by atoms with Crippen LogP contribution in [0.25, 0.3) is 0 Å². The summed E-state index contributed by atoms with van der Waals surface area (Å²) in [6.45, 7) is -0.893. The molecule has 2 aromatic rings. The molecule has 4 fully saturated rings. The third kappa shape index (κ3) is 6.74. The number of hydrogen-bond acceptors (Lipinski definition) is 16. The Bertz CT molecular complexity index is 1380. The number of rotatable bonds is 4. The van der Waals surface area contributed by atoms with Crippen LogP contribution in [-0.4, -0.2) is 138 Å². The molecule has 6 heterocycles. The zero-order chi connectivity index (χ0) is 29.0. The molecule has 20 nitrogen and oxygen atoms in total. The summed E-state index contributed by atoms with van der Waals surface area (Å²) in [4.78, 5) is 49.3. The molecule has 0 aliphatic carbocycles. The standard InChI is InChI=1S/2C9H12N3O7P.Ba/c2*10-5-1-2-12(9(14)11-5)8-7-6(4(3-13)17-8)18-20(15,16)19-7;/h2*1-2,4,6-8,13H,3H2,(H,15,16)(H2,10,11,14);/q;;+2/t2*4-,6-,7-,8-;/m11./s1. The van der Waals surface area contributed by atoms with Crippen LogP contribution in [0.3, 0.4) is 0 Å². The van der Waals surface area contributed by atoms with Gasteiger partial charge in [-0.25, -0.2) is 18.7 Å². The summed E-state index contributed by atoms with van der Waals surface area (Å²) >= 11 is 0. The van der Waals surface area contributed by atoms with Gasteiger partial charge in [0.1, 0.15) is 48.3 Å². The Morgan fingerprint density at radius 3 is 1.39 bits per heavy atom. The number of phosphoric ester groups is 2. The maximum absolute atomic E-state index is 11.8. The second-order valence-electron chi connectivity index (χ2n) is 8.80. The van der Waals surface area contributed by atoms with E-state index >= 15 is 0 Å². The quantitative estimate of drug-likeness (QED) is 0.133. The number of nitrogen functional groups attached to an aromatic ring is 2. The third-order valence-corrected chi connectivity index (χ3v) is 8.24. The fourth-order valence-corrected chi connectivity index (χ4v) is 6.83. The minimum atomic E-state index is -4.21. The van der Waals surface area contributed by atoms with Crippen LogP contribution in [0, 0.1) is 0 Å². The third-order valence-electron chi connectivity index (χ3n) is 6.20. The van der Waals surface area contributed by atoms with Crippen molar-refractivity contribution >= 4 is 76.2 Å². The van der Waals surface area contributed by atoms with E-state index in [1.165, 1.54) is 24.5 Å². The summed E-state index contributed by atoms with van der Waals surface area (Å²) < 4.78 is 55.4. The second kappa shape index (κ2) is 12.5. The molecule has 4 saturated heterocycles. The van der Waals surface area contributed by atoms with Crippen molar-refractivity contribution in [3.8, 4) is 0 Å². The van der Waals surface area contributed by atoms with E-state index in [-0.39, 0.29) is 60.5 Å². The van der Waals surface area contributed by atoms with Crippen LogP contribution in [0.1, 0.15) is 12.5 Å². The molecule has 4 aliphatic rings. The molecule has 10 atom stereocenters. The van der Waals surface area contributed by atoms with E-state index in [0.29, 0.717) is 0 Å². The number of nitrogens with zero attached hydrogens (tertiary/aromatic N) is 4. The predicted molar refractivity (Wildman–Crippen MR) is 133 cm³/mol. The number of ether oxygens (including phenoxy) is 2. The van der Waals surface area contributed by atoms with Crippen LogP contribution in [0.4, 0.5) is 11.6 Å². The average molecular weight is 748 g/mol. The number of aliphatic hydroxyl groups excluding tert-OH is 2. The Morgan fingerprint density at radius 1 is 0.732 bits per heavy atom. The number of phosphoric acid groups is 2. The molecule has 0 radical (unpaired) electrons. The molecule has 4 aliphatic heterocycles. The molecule has 23 heteroatoms. The number of nitrogens with two attached hydrogens (primary N) is 2. The average Bonchev–Trinajstić information content (AvgIpc) is 3.56. The summed E-state index contributed by atoms with van der Waals surface area (Å²) in [6, 6.07) is 2.75. The maximum atomic E-state index is 11.8. The van der Waals surface area contributed by atoms with Gasteiger partial charge in [0.05, 0.1) is 13.2 Å². The first-order valence-electron chi connectivity index (χ1n) is 11.4. The van der Waals surface area contributed by atoms with Gasteiger partial charge in [-0.3, -0.25) is 27.2 Å². The van der Waals surface area contributed by atoms with E-state index in [4.69, 9.17) is 39.0 Å². The zero-order valence-corrected chi connectivity index (χ0v) is 27.0. The monoisotopic (exact) mass is 748 g/mol. The summed E-state index contributed by atoms with van der Waals surface area (Å²) in [5.74, 6) is 0.0758. The minimum Gasteiger partial charge on any atom is -0.394 e. The summed E-state index contributed by atoms with van der Waals surface area (Å²) in [6.07, 6.45) is -5.02. The number of aromatic nitrogens is 4. The van der Waals surface area contributed by atoms with Gasteiger partial charge in [-0.2, -0.15) is 9.97 Å². The molecule has 0 saturated carbocycles. The van der Waals surface area contributed by atoms with Crippen LogP contribution < -0.4 is 22.8 Å². The van der Waals surface area contributed by atoms with Crippen molar-refractivity contribution in [1.82, 2.24) is 19.1 Å². The van der Waals surface area contributed by atoms with Gasteiger partial charge in [0.2, 0.25) is 0 Å². The largest absolute Gasteiger partial charge is 2.00 e. The van der Waals surface area contributed by atoms with Gasteiger partial charge >= 0.3 is 75.9 Å². The SMILES string of the molecule is Nc1ccn([C@@H]2O[C@H](CO)[C@H]3OP(=O)(O)O[C@H]32)c(=O)n1.Nc1ccn([C@@H]2O[C@H](CO)[C@H]3OP(=O)(O)O[C@H]32)c(=O)n1.[Ba+2]. The van der Waals surface area contributed by atoms with Crippen LogP contribution in [0.2, 0.25) is 0 Å². The summed E-state index contributed by atoms with van der Waals surface area (Å²) in [5, 5.41) is 18.4. The molecule has 2 aromatic heterocycles. The fraction of sp³-hybridized carbons (Fsp3) is 0.556. The molecular formula is C18H24BaN6O14P2+2. The summed E-state index contributed by atoms with van der Waals surface area (Å²) in [5.41, 5.74) is 9.37. The van der Waals surface area contributed by atoms with E-state index in [1.54, 1.807) is 0 Å². The van der Waals surface area contributed by atoms with Crippen molar-refractivity contribution in [1.29, 1.82) is 0 Å². The van der Waals surface area contributed by atoms with Crippen molar-refractivity contribution < 1.29 is 56.7 Å². The Kier molecular flexibility index (Phi) is 10.1. The first-order chi connectivity index (χ1) is 18.8. The van der Waals surface area contributed by atoms with Crippen molar-refractivity contribution in [2.24, 2.45) is 0 Å². The van der Waals surface area contributed by atoms with E-state index in [9.17, 15) is 38.7 Å². The van der Waals surface area contributed by atoms with Gasteiger partial charge < -0.3 is 40.9 Å². The van der Waals surface area contributed by atoms with Gasteiger partial charge in [0, 0.05) is 12.4 Å². The van der Waals surface area contributed by atoms with Gasteiger partial charge in [0.25, 0.3) is 0 Å². The van der Waals surface area contributed by atoms with Gasteiger partial charge in [-0.15, -0.1) is 0 Å². The van der Waals surface area contributed by atoms with E-state index in [2.05, 4.69) is 9.97 Å². The van der Waals surface area contributed by atoms with E-state index in [0.717, 1.165) is 9.13 Å². The van der Waals surface area contributed by atoms with Gasteiger partial charge in [0.15, 0.2) is 12.5 Å². The van der Waals surface area contributed by atoms with Crippen molar-refractivity contribution in [3.63, 3.8) is 0 Å². The van der Waals surface area contributed by atoms with Crippen LogP contribution >= 0.6 is 15.6 Å². The number of aliphatic hydroxyl groups is 2. The Balaban J connectivity index is 0.000000184. The molecule has 0 aromatic carbocycles. The van der Waals surface area contributed by atoms with Crippen LogP contribution in [0.15, 0.2) is 34.1 Å². The number of hydrogen-bond donors (Lipinski definition) is 6. The fourth-order valence-electron chi connectivity index (χ4n) is 4.54. The maximum Gasteiger partial charge on any atom is 2.00 e. The molecular weight excluding hydrogens is 724 g/mol. The Morgan fingerprint density at radius 2 is 1.07 bits per heavy atom. The summed E-state index contributed by atoms with van der Waals surface area (Å²) in [7, 11) is -8.41. The molecule has 220 valence electrons. The predicted octanol–water partition coefficient (Wildman–Crippen LogP) is -3.18. The normalized spacial score (nSPS) is 38.9. The van der Waals surface area contributed by atoms with Gasteiger partial charge in [-0.05, 0) is 12.1 Å². The van der Waals surface area contributed by atoms with Crippen molar-refractivity contribution in [3.05, 3.63) is 45.5 Å². The second-order valence-corrected chi connectivity index (χ2v) is 11.5. The van der Waals surface area contributed by atoms with Crippen molar-refractivity contribution in [2.45, 2.75) is 49.1 Å². The number of anilines is 2. The number of fused-ring (bicyclic) bond motifs is 2. The van der Waals surface area contributed by atoms with E-state index in [1.807, 2.05) is 0 Å². The van der Waals surface area contributed by atoms with Crippen LogP contribution in [0.5, 0.6) is 0 Å². The molecule has 0 bridgehead atoms. The molecule has 8 N–H and O–H groups in total. The molecule has 0 amide bonds.